The number of piperidine rings is 1. The highest BCUT2D eigenvalue weighted by Gasteiger charge is 2.26. The van der Waals surface area contributed by atoms with E-state index in [0.717, 1.165) is 47.9 Å². The smallest absolute Gasteiger partial charge is 0.232 e. The van der Waals surface area contributed by atoms with Crippen molar-refractivity contribution in [2.75, 3.05) is 23.3 Å². The Morgan fingerprint density at radius 2 is 1.89 bits per heavy atom. The zero-order chi connectivity index (χ0) is 26.3. The normalized spacial score (nSPS) is 15.3. The molecule has 1 aliphatic heterocycles. The summed E-state index contributed by atoms with van der Waals surface area (Å²) >= 11 is 1.41. The number of nitrogens with zero attached hydrogens (tertiary/aromatic N) is 6. The van der Waals surface area contributed by atoms with E-state index in [9.17, 15) is 9.59 Å². The van der Waals surface area contributed by atoms with Gasteiger partial charge >= 0.3 is 0 Å². The molecule has 1 saturated heterocycles. The first kappa shape index (κ1) is 25.6. The van der Waals surface area contributed by atoms with Crippen molar-refractivity contribution >= 4 is 34.0 Å². The van der Waals surface area contributed by atoms with Crippen LogP contribution in [0.5, 0.6) is 0 Å². The van der Waals surface area contributed by atoms with Crippen LogP contribution >= 0.6 is 11.3 Å². The van der Waals surface area contributed by atoms with Crippen LogP contribution in [0.25, 0.3) is 0 Å². The summed E-state index contributed by atoms with van der Waals surface area (Å²) in [5, 5.41) is 21.5. The van der Waals surface area contributed by atoms with E-state index >= 15 is 0 Å². The molecule has 1 unspecified atom stereocenters. The Labute approximate surface area is 225 Å². The molecular formula is C28H29N7O2S. The number of anilines is 2. The molecule has 0 saturated carbocycles. The van der Waals surface area contributed by atoms with Gasteiger partial charge in [-0.1, -0.05) is 47.2 Å². The van der Waals surface area contributed by atoms with Crippen molar-refractivity contribution in [3.8, 4) is 0 Å². The Morgan fingerprint density at radius 1 is 0.974 bits per heavy atom. The molecule has 0 radical (unpaired) electrons. The van der Waals surface area contributed by atoms with Crippen molar-refractivity contribution < 1.29 is 9.59 Å². The SMILES string of the molecule is Cc1cccc(CC(=O)Cc2ccc(N3CCCC(c4nnc(NC(=O)Cc5ccccn5)s4)C3)nn2)c1. The van der Waals surface area contributed by atoms with Gasteiger partial charge in [0.05, 0.1) is 18.5 Å². The number of rotatable bonds is 9. The summed E-state index contributed by atoms with van der Waals surface area (Å²) in [4.78, 5) is 31.3. The first-order valence-corrected chi connectivity index (χ1v) is 13.5. The third-order valence-electron chi connectivity index (χ3n) is 6.42. The number of aryl methyl sites for hydroxylation is 1. The second-order valence-corrected chi connectivity index (χ2v) is 10.5. The standard InChI is InChI=1S/C28H29N7O2S/c1-19-6-4-7-20(14-19)15-24(36)16-23-10-11-25(32-31-23)35-13-5-8-21(18-35)27-33-34-28(38-27)30-26(37)17-22-9-2-3-12-29-22/h2-4,6-7,9-12,14,21H,5,8,13,15-18H2,1H3,(H,30,34,37). The molecule has 1 aromatic carbocycles. The lowest BCUT2D eigenvalue weighted by molar-refractivity contribution is -0.118. The zero-order valence-electron chi connectivity index (χ0n) is 21.2. The average Bonchev–Trinajstić information content (AvgIpc) is 3.38. The maximum Gasteiger partial charge on any atom is 0.232 e. The number of ketones is 1. The third-order valence-corrected chi connectivity index (χ3v) is 7.42. The van der Waals surface area contributed by atoms with Crippen LogP contribution in [0.1, 0.15) is 46.3 Å². The highest BCUT2D eigenvalue weighted by atomic mass is 32.1. The Kier molecular flexibility index (Phi) is 8.08. The monoisotopic (exact) mass is 527 g/mol. The second kappa shape index (κ2) is 12.0. The van der Waals surface area contributed by atoms with Gasteiger partial charge in [0.15, 0.2) is 5.82 Å². The summed E-state index contributed by atoms with van der Waals surface area (Å²) in [6.07, 6.45) is 4.51. The quantitative estimate of drug-likeness (QED) is 0.348. The molecule has 1 fully saturated rings. The van der Waals surface area contributed by atoms with Crippen molar-refractivity contribution in [3.05, 3.63) is 88.3 Å². The third kappa shape index (κ3) is 6.83. The van der Waals surface area contributed by atoms with Crippen molar-refractivity contribution in [3.63, 3.8) is 0 Å². The predicted molar refractivity (Wildman–Crippen MR) is 146 cm³/mol. The summed E-state index contributed by atoms with van der Waals surface area (Å²) in [7, 11) is 0. The fraction of sp³-hybridized carbons (Fsp3) is 0.321. The first-order valence-electron chi connectivity index (χ1n) is 12.7. The van der Waals surface area contributed by atoms with Crippen LogP contribution in [0.15, 0.2) is 60.8 Å². The van der Waals surface area contributed by atoms with Gasteiger partial charge in [0.25, 0.3) is 0 Å². The van der Waals surface area contributed by atoms with Crippen LogP contribution in [-0.4, -0.2) is 50.2 Å². The van der Waals surface area contributed by atoms with Crippen molar-refractivity contribution in [1.82, 2.24) is 25.4 Å². The fourth-order valence-corrected chi connectivity index (χ4v) is 5.48. The number of pyridine rings is 1. The lowest BCUT2D eigenvalue weighted by atomic mass is 9.99. The van der Waals surface area contributed by atoms with E-state index in [4.69, 9.17) is 0 Å². The molecule has 9 nitrogen and oxygen atoms in total. The van der Waals surface area contributed by atoms with E-state index in [1.165, 1.54) is 11.3 Å². The van der Waals surface area contributed by atoms with Crippen LogP contribution < -0.4 is 10.2 Å². The highest BCUT2D eigenvalue weighted by Crippen LogP contribution is 2.32. The van der Waals surface area contributed by atoms with E-state index in [-0.39, 0.29) is 30.4 Å². The van der Waals surface area contributed by atoms with Gasteiger partial charge in [0.2, 0.25) is 11.0 Å². The van der Waals surface area contributed by atoms with E-state index in [2.05, 4.69) is 35.6 Å². The van der Waals surface area contributed by atoms with Crippen molar-refractivity contribution in [1.29, 1.82) is 0 Å². The Bertz CT molecular complexity index is 1390. The van der Waals surface area contributed by atoms with Crippen molar-refractivity contribution in [2.45, 2.75) is 44.9 Å². The molecule has 0 aliphatic carbocycles. The number of carbonyl (C=O) groups excluding carboxylic acids is 2. The van der Waals surface area contributed by atoms with Crippen LogP contribution in [-0.2, 0) is 28.9 Å². The number of nitrogens with one attached hydrogen (secondary N) is 1. The number of aromatic nitrogens is 5. The van der Waals surface area contributed by atoms with Crippen LogP contribution in [0, 0.1) is 6.92 Å². The van der Waals surface area contributed by atoms with Crippen LogP contribution in [0.4, 0.5) is 10.9 Å². The van der Waals surface area contributed by atoms with E-state index in [0.29, 0.717) is 22.9 Å². The van der Waals surface area contributed by atoms with Gasteiger partial charge in [0, 0.05) is 37.3 Å². The summed E-state index contributed by atoms with van der Waals surface area (Å²) in [6.45, 7) is 3.65. The number of hydrogen-bond acceptors (Lipinski definition) is 9. The minimum atomic E-state index is -0.163. The van der Waals surface area contributed by atoms with Gasteiger partial charge in [0.1, 0.15) is 10.8 Å². The molecule has 0 spiro atoms. The van der Waals surface area contributed by atoms with Crippen molar-refractivity contribution in [2.24, 2.45) is 0 Å². The second-order valence-electron chi connectivity index (χ2n) is 9.54. The van der Waals surface area contributed by atoms with E-state index in [1.807, 2.05) is 61.5 Å². The van der Waals surface area contributed by atoms with Gasteiger partial charge in [-0.15, -0.1) is 15.3 Å². The molecule has 4 heterocycles. The van der Waals surface area contributed by atoms with Crippen LogP contribution in [0.2, 0.25) is 0 Å². The number of benzene rings is 1. The molecule has 1 atom stereocenters. The van der Waals surface area contributed by atoms with Gasteiger partial charge in [-0.25, -0.2) is 0 Å². The molecular weight excluding hydrogens is 498 g/mol. The number of hydrogen-bond donors (Lipinski definition) is 1. The first-order chi connectivity index (χ1) is 18.5. The fourth-order valence-electron chi connectivity index (χ4n) is 4.60. The molecule has 1 aliphatic rings. The van der Waals surface area contributed by atoms with Gasteiger partial charge in [-0.05, 0) is 49.6 Å². The molecule has 38 heavy (non-hydrogen) atoms. The maximum atomic E-state index is 12.5. The summed E-state index contributed by atoms with van der Waals surface area (Å²) in [5.41, 5.74) is 3.55. The average molecular weight is 528 g/mol. The van der Waals surface area contributed by atoms with E-state index < -0.39 is 0 Å². The molecule has 1 amide bonds. The molecule has 194 valence electrons. The van der Waals surface area contributed by atoms with Gasteiger partial charge < -0.3 is 10.2 Å². The van der Waals surface area contributed by atoms with Gasteiger partial charge in [-0.3, -0.25) is 14.6 Å². The lowest BCUT2D eigenvalue weighted by Gasteiger charge is -2.32. The highest BCUT2D eigenvalue weighted by molar-refractivity contribution is 7.15. The zero-order valence-corrected chi connectivity index (χ0v) is 22.0. The Morgan fingerprint density at radius 3 is 2.68 bits per heavy atom. The Balaban J connectivity index is 1.15. The van der Waals surface area contributed by atoms with E-state index in [1.54, 1.807) is 6.20 Å². The largest absolute Gasteiger partial charge is 0.354 e. The summed E-state index contributed by atoms with van der Waals surface area (Å²) in [5.74, 6) is 0.942. The minimum absolute atomic E-state index is 0.120. The maximum absolute atomic E-state index is 12.5. The lowest BCUT2D eigenvalue weighted by Crippen LogP contribution is -2.35. The molecule has 4 aromatic rings. The number of carbonyl (C=O) groups is 2. The Hall–Kier alpha value is -4.05. The molecule has 0 bridgehead atoms. The number of Topliss-reactive ketones (excluding diaryl/α,β-unsaturated/α-hetero) is 1. The summed E-state index contributed by atoms with van der Waals surface area (Å²) < 4.78 is 0. The minimum Gasteiger partial charge on any atom is -0.354 e. The number of amides is 1. The topological polar surface area (TPSA) is 114 Å². The van der Waals surface area contributed by atoms with Crippen LogP contribution in [0.3, 0.4) is 0 Å². The van der Waals surface area contributed by atoms with Gasteiger partial charge in [-0.2, -0.15) is 5.10 Å². The molecule has 1 N–H and O–H groups in total. The molecule has 5 rings (SSSR count). The summed E-state index contributed by atoms with van der Waals surface area (Å²) in [6, 6.07) is 17.3. The molecule has 10 heteroatoms. The predicted octanol–water partition coefficient (Wildman–Crippen LogP) is 3.95. The molecule has 3 aromatic heterocycles.